The third-order valence-electron chi connectivity index (χ3n) is 3.60. The molecule has 0 aliphatic heterocycles. The van der Waals surface area contributed by atoms with Crippen LogP contribution in [0.25, 0.3) is 11.3 Å². The highest BCUT2D eigenvalue weighted by atomic mass is 16.5. The van der Waals surface area contributed by atoms with E-state index in [0.29, 0.717) is 12.3 Å². The Morgan fingerprint density at radius 2 is 2.13 bits per heavy atom. The number of pyridine rings is 1. The number of ether oxygens (including phenoxy) is 1. The van der Waals surface area contributed by atoms with Crippen molar-refractivity contribution in [2.75, 3.05) is 12.4 Å². The SMILES string of the molecule is COc1ccc(NCc2cn[nH]c2-c2cccnc2)cc1CO. The Balaban J connectivity index is 1.76. The second-order valence-corrected chi connectivity index (χ2v) is 5.05. The van der Waals surface area contributed by atoms with E-state index < -0.39 is 0 Å². The maximum Gasteiger partial charge on any atom is 0.124 e. The van der Waals surface area contributed by atoms with Gasteiger partial charge in [-0.1, -0.05) is 0 Å². The van der Waals surface area contributed by atoms with Crippen molar-refractivity contribution in [1.29, 1.82) is 0 Å². The molecule has 0 saturated heterocycles. The standard InChI is InChI=1S/C17H18N4O2/c1-23-16-5-4-15(7-13(16)11-22)19-9-14-10-20-21-17(14)12-3-2-6-18-8-12/h2-8,10,19,22H,9,11H2,1H3,(H,20,21). The second-order valence-electron chi connectivity index (χ2n) is 5.05. The van der Waals surface area contributed by atoms with Gasteiger partial charge in [0.05, 0.1) is 25.6 Å². The maximum atomic E-state index is 9.39. The summed E-state index contributed by atoms with van der Waals surface area (Å²) < 4.78 is 5.21. The van der Waals surface area contributed by atoms with Crippen molar-refractivity contribution in [3.63, 3.8) is 0 Å². The largest absolute Gasteiger partial charge is 0.496 e. The first kappa shape index (κ1) is 15.1. The fourth-order valence-corrected chi connectivity index (χ4v) is 2.42. The third kappa shape index (κ3) is 3.32. The number of H-pyrrole nitrogens is 1. The van der Waals surface area contributed by atoms with Crippen molar-refractivity contribution >= 4 is 5.69 Å². The minimum atomic E-state index is -0.0641. The van der Waals surface area contributed by atoms with E-state index >= 15 is 0 Å². The normalized spacial score (nSPS) is 10.5. The zero-order chi connectivity index (χ0) is 16.1. The Morgan fingerprint density at radius 3 is 2.87 bits per heavy atom. The van der Waals surface area contributed by atoms with E-state index in [2.05, 4.69) is 20.5 Å². The summed E-state index contributed by atoms with van der Waals surface area (Å²) in [6.07, 6.45) is 5.34. The number of hydrogen-bond acceptors (Lipinski definition) is 5. The van der Waals surface area contributed by atoms with Gasteiger partial charge < -0.3 is 15.2 Å². The van der Waals surface area contributed by atoms with Crippen LogP contribution in [0.5, 0.6) is 5.75 Å². The topological polar surface area (TPSA) is 83.1 Å². The summed E-state index contributed by atoms with van der Waals surface area (Å²) in [5.41, 5.74) is 4.64. The summed E-state index contributed by atoms with van der Waals surface area (Å²) in [5.74, 6) is 0.678. The van der Waals surface area contributed by atoms with Crippen molar-refractivity contribution < 1.29 is 9.84 Å². The molecule has 0 atom stereocenters. The number of anilines is 1. The third-order valence-corrected chi connectivity index (χ3v) is 3.60. The predicted molar refractivity (Wildman–Crippen MR) is 88.1 cm³/mol. The van der Waals surface area contributed by atoms with Gasteiger partial charge in [0, 0.05) is 41.3 Å². The molecule has 0 bridgehead atoms. The van der Waals surface area contributed by atoms with Gasteiger partial charge in [-0.3, -0.25) is 10.1 Å². The van der Waals surface area contributed by atoms with Crippen LogP contribution in [-0.4, -0.2) is 27.4 Å². The quantitative estimate of drug-likeness (QED) is 0.652. The Hall–Kier alpha value is -2.86. The van der Waals surface area contributed by atoms with Gasteiger partial charge in [-0.2, -0.15) is 5.10 Å². The number of aliphatic hydroxyl groups excluding tert-OH is 1. The zero-order valence-corrected chi connectivity index (χ0v) is 12.8. The molecule has 0 spiro atoms. The van der Waals surface area contributed by atoms with Crippen molar-refractivity contribution in [3.05, 3.63) is 60.0 Å². The minimum absolute atomic E-state index is 0.0641. The molecule has 3 N–H and O–H groups in total. The van der Waals surface area contributed by atoms with Crippen molar-refractivity contribution in [1.82, 2.24) is 15.2 Å². The molecule has 3 rings (SSSR count). The lowest BCUT2D eigenvalue weighted by Gasteiger charge is -2.11. The van der Waals surface area contributed by atoms with E-state index in [1.807, 2.05) is 30.3 Å². The molecule has 6 nitrogen and oxygen atoms in total. The first-order chi connectivity index (χ1) is 11.3. The van der Waals surface area contributed by atoms with Crippen LogP contribution < -0.4 is 10.1 Å². The van der Waals surface area contributed by atoms with Crippen LogP contribution >= 0.6 is 0 Å². The number of benzene rings is 1. The Labute approximate surface area is 134 Å². The molecule has 0 aliphatic rings. The van der Waals surface area contributed by atoms with Crippen molar-refractivity contribution in [2.45, 2.75) is 13.2 Å². The molecule has 3 aromatic rings. The highest BCUT2D eigenvalue weighted by Crippen LogP contribution is 2.24. The van der Waals surface area contributed by atoms with E-state index in [-0.39, 0.29) is 6.61 Å². The first-order valence-corrected chi connectivity index (χ1v) is 7.26. The van der Waals surface area contributed by atoms with Crippen LogP contribution in [0.3, 0.4) is 0 Å². The van der Waals surface area contributed by atoms with E-state index in [4.69, 9.17) is 4.74 Å². The lowest BCUT2D eigenvalue weighted by molar-refractivity contribution is 0.274. The highest BCUT2D eigenvalue weighted by molar-refractivity contribution is 5.62. The smallest absolute Gasteiger partial charge is 0.124 e. The van der Waals surface area contributed by atoms with Gasteiger partial charge >= 0.3 is 0 Å². The predicted octanol–water partition coefficient (Wildman–Crippen LogP) is 2.58. The molecule has 2 aromatic heterocycles. The molecule has 0 fully saturated rings. The van der Waals surface area contributed by atoms with Crippen LogP contribution in [-0.2, 0) is 13.2 Å². The molecule has 118 valence electrons. The van der Waals surface area contributed by atoms with E-state index in [1.54, 1.807) is 25.7 Å². The maximum absolute atomic E-state index is 9.39. The fourth-order valence-electron chi connectivity index (χ4n) is 2.42. The highest BCUT2D eigenvalue weighted by Gasteiger charge is 2.08. The Kier molecular flexibility index (Phi) is 4.54. The van der Waals surface area contributed by atoms with Gasteiger partial charge in [0.1, 0.15) is 5.75 Å². The van der Waals surface area contributed by atoms with Gasteiger partial charge in [-0.15, -0.1) is 0 Å². The molecule has 0 saturated carbocycles. The molecule has 6 heteroatoms. The fraction of sp³-hybridized carbons (Fsp3) is 0.176. The molecule has 1 aromatic carbocycles. The summed E-state index contributed by atoms with van der Waals surface area (Å²) in [6.45, 7) is 0.545. The molecule has 0 aliphatic carbocycles. The summed E-state index contributed by atoms with van der Waals surface area (Å²) >= 11 is 0. The molecule has 0 amide bonds. The number of aromatic amines is 1. The van der Waals surface area contributed by atoms with Crippen LogP contribution in [0.15, 0.2) is 48.9 Å². The molecule has 23 heavy (non-hydrogen) atoms. The first-order valence-electron chi connectivity index (χ1n) is 7.26. The molecule has 0 radical (unpaired) electrons. The van der Waals surface area contributed by atoms with E-state index in [1.165, 1.54) is 0 Å². The number of rotatable bonds is 6. The Morgan fingerprint density at radius 1 is 1.22 bits per heavy atom. The number of aliphatic hydroxyl groups is 1. The molecule has 2 heterocycles. The summed E-state index contributed by atoms with van der Waals surface area (Å²) in [6, 6.07) is 9.52. The molecular weight excluding hydrogens is 292 g/mol. The van der Waals surface area contributed by atoms with Gasteiger partial charge in [0.15, 0.2) is 0 Å². The monoisotopic (exact) mass is 310 g/mol. The average Bonchev–Trinajstić information content (AvgIpc) is 3.09. The number of methoxy groups -OCH3 is 1. The van der Waals surface area contributed by atoms with Gasteiger partial charge in [0.2, 0.25) is 0 Å². The average molecular weight is 310 g/mol. The molecular formula is C17H18N4O2. The number of nitrogens with zero attached hydrogens (tertiary/aromatic N) is 2. The lowest BCUT2D eigenvalue weighted by atomic mass is 10.1. The summed E-state index contributed by atoms with van der Waals surface area (Å²) in [7, 11) is 1.59. The number of aromatic nitrogens is 3. The van der Waals surface area contributed by atoms with Gasteiger partial charge in [0.25, 0.3) is 0 Å². The lowest BCUT2D eigenvalue weighted by Crippen LogP contribution is -2.01. The minimum Gasteiger partial charge on any atom is -0.496 e. The van der Waals surface area contributed by atoms with E-state index in [9.17, 15) is 5.11 Å². The van der Waals surface area contributed by atoms with Crippen LogP contribution in [0, 0.1) is 0 Å². The second kappa shape index (κ2) is 6.93. The van der Waals surface area contributed by atoms with Crippen molar-refractivity contribution in [3.8, 4) is 17.0 Å². The van der Waals surface area contributed by atoms with Gasteiger partial charge in [-0.05, 0) is 30.3 Å². The van der Waals surface area contributed by atoms with E-state index in [0.717, 1.165) is 28.1 Å². The molecule has 0 unspecified atom stereocenters. The summed E-state index contributed by atoms with van der Waals surface area (Å²) in [5, 5.41) is 19.9. The van der Waals surface area contributed by atoms with Crippen LogP contribution in [0.4, 0.5) is 5.69 Å². The summed E-state index contributed by atoms with van der Waals surface area (Å²) in [4.78, 5) is 4.13. The van der Waals surface area contributed by atoms with Crippen LogP contribution in [0.1, 0.15) is 11.1 Å². The van der Waals surface area contributed by atoms with Crippen molar-refractivity contribution in [2.24, 2.45) is 0 Å². The zero-order valence-electron chi connectivity index (χ0n) is 12.8. The number of hydrogen-bond donors (Lipinski definition) is 3. The van der Waals surface area contributed by atoms with Crippen LogP contribution in [0.2, 0.25) is 0 Å². The Bertz CT molecular complexity index is 771. The van der Waals surface area contributed by atoms with Gasteiger partial charge in [-0.25, -0.2) is 0 Å². The number of nitrogens with one attached hydrogen (secondary N) is 2.